The van der Waals surface area contributed by atoms with E-state index < -0.39 is 0 Å². The zero-order chi connectivity index (χ0) is 22.8. The molecule has 0 unspecified atom stereocenters. The van der Waals surface area contributed by atoms with E-state index in [-0.39, 0.29) is 18.3 Å². The SMILES string of the molecule is COc1ccc(OC)c2sc(N(CCCN(C)C)C(=O)c3sc4ccccc4c3Cl)nc12.Cl. The van der Waals surface area contributed by atoms with Crippen LogP contribution in [0.2, 0.25) is 5.02 Å². The number of anilines is 1. The number of amides is 1. The molecule has 0 N–H and O–H groups in total. The average molecular weight is 527 g/mol. The zero-order valence-corrected chi connectivity index (χ0v) is 22.0. The van der Waals surface area contributed by atoms with Gasteiger partial charge in [0.1, 0.15) is 26.6 Å². The highest BCUT2D eigenvalue weighted by Crippen LogP contribution is 2.42. The number of halogens is 2. The van der Waals surface area contributed by atoms with Gasteiger partial charge < -0.3 is 14.4 Å². The lowest BCUT2D eigenvalue weighted by Gasteiger charge is -2.20. The first kappa shape index (κ1) is 25.5. The first-order chi connectivity index (χ1) is 15.4. The molecule has 176 valence electrons. The van der Waals surface area contributed by atoms with Gasteiger partial charge in [-0.05, 0) is 45.3 Å². The molecule has 2 heterocycles. The summed E-state index contributed by atoms with van der Waals surface area (Å²) < 4.78 is 12.8. The molecule has 33 heavy (non-hydrogen) atoms. The number of rotatable bonds is 8. The molecular formula is C23H25Cl2N3O3S2. The van der Waals surface area contributed by atoms with Crippen LogP contribution >= 0.6 is 46.7 Å². The number of hydrogen-bond acceptors (Lipinski definition) is 7. The van der Waals surface area contributed by atoms with E-state index in [0.717, 1.165) is 27.8 Å². The molecule has 2 aromatic carbocycles. The van der Waals surface area contributed by atoms with Crippen LogP contribution in [0.3, 0.4) is 0 Å². The van der Waals surface area contributed by atoms with Crippen molar-refractivity contribution in [2.45, 2.75) is 6.42 Å². The minimum Gasteiger partial charge on any atom is -0.495 e. The summed E-state index contributed by atoms with van der Waals surface area (Å²) in [7, 11) is 7.26. The predicted molar refractivity (Wildman–Crippen MR) is 142 cm³/mol. The lowest BCUT2D eigenvalue weighted by Crippen LogP contribution is -2.33. The molecule has 0 spiro atoms. The number of carbonyl (C=O) groups excluding carboxylic acids is 1. The predicted octanol–water partition coefficient (Wildman–Crippen LogP) is 6.20. The number of methoxy groups -OCH3 is 2. The van der Waals surface area contributed by atoms with E-state index in [1.54, 1.807) is 19.1 Å². The van der Waals surface area contributed by atoms with Gasteiger partial charge in [-0.2, -0.15) is 0 Å². The van der Waals surface area contributed by atoms with E-state index in [1.807, 2.05) is 50.5 Å². The van der Waals surface area contributed by atoms with Crippen molar-refractivity contribution < 1.29 is 14.3 Å². The largest absolute Gasteiger partial charge is 0.495 e. The fraction of sp³-hybridized carbons (Fsp3) is 0.304. The quantitative estimate of drug-likeness (QED) is 0.274. The minimum atomic E-state index is -0.146. The summed E-state index contributed by atoms with van der Waals surface area (Å²) in [5.41, 5.74) is 0.680. The molecule has 0 aliphatic rings. The standard InChI is InChI=1S/C23H24ClN3O3S2.ClH/c1-26(2)12-7-13-27(22(28)21-18(24)14-8-5-6-9-17(14)31-21)23-25-19-15(29-3)10-11-16(30-4)20(19)32-23;/h5-6,8-11H,7,12-13H2,1-4H3;1H. The average Bonchev–Trinajstić information content (AvgIpc) is 3.37. The van der Waals surface area contributed by atoms with Crippen molar-refractivity contribution in [2.24, 2.45) is 0 Å². The van der Waals surface area contributed by atoms with Gasteiger partial charge in [-0.25, -0.2) is 4.98 Å². The topological polar surface area (TPSA) is 54.9 Å². The van der Waals surface area contributed by atoms with Gasteiger partial charge in [-0.1, -0.05) is 41.1 Å². The maximum Gasteiger partial charge on any atom is 0.271 e. The molecule has 0 aliphatic carbocycles. The summed E-state index contributed by atoms with van der Waals surface area (Å²) in [5, 5.41) is 1.98. The molecule has 0 aliphatic heterocycles. The summed E-state index contributed by atoms with van der Waals surface area (Å²) in [6, 6.07) is 11.5. The maximum atomic E-state index is 13.7. The highest BCUT2D eigenvalue weighted by molar-refractivity contribution is 7.23. The zero-order valence-electron chi connectivity index (χ0n) is 18.8. The first-order valence-corrected chi connectivity index (χ1v) is 12.1. The van der Waals surface area contributed by atoms with Crippen LogP contribution < -0.4 is 14.4 Å². The number of ether oxygens (including phenoxy) is 2. The second-order valence-electron chi connectivity index (χ2n) is 7.50. The lowest BCUT2D eigenvalue weighted by atomic mass is 10.2. The highest BCUT2D eigenvalue weighted by Gasteiger charge is 2.27. The molecule has 4 rings (SSSR count). The third-order valence-corrected chi connectivity index (χ3v) is 7.85. The summed E-state index contributed by atoms with van der Waals surface area (Å²) in [5.74, 6) is 1.20. The maximum absolute atomic E-state index is 13.7. The van der Waals surface area contributed by atoms with Crippen LogP contribution in [-0.4, -0.2) is 57.2 Å². The molecule has 6 nitrogen and oxygen atoms in total. The lowest BCUT2D eigenvalue weighted by molar-refractivity contribution is 0.0990. The highest BCUT2D eigenvalue weighted by atomic mass is 35.5. The van der Waals surface area contributed by atoms with Crippen molar-refractivity contribution in [1.29, 1.82) is 0 Å². The number of hydrogen-bond donors (Lipinski definition) is 0. The van der Waals surface area contributed by atoms with Crippen molar-refractivity contribution in [3.63, 3.8) is 0 Å². The smallest absolute Gasteiger partial charge is 0.271 e. The Kier molecular flexibility index (Phi) is 8.42. The summed E-state index contributed by atoms with van der Waals surface area (Å²) in [6.07, 6.45) is 0.797. The fourth-order valence-corrected chi connectivity index (χ4v) is 6.05. The number of thiophene rings is 1. The Labute approximate surface area is 212 Å². The summed E-state index contributed by atoms with van der Waals surface area (Å²) in [4.78, 5) is 22.9. The van der Waals surface area contributed by atoms with Gasteiger partial charge in [0, 0.05) is 16.6 Å². The van der Waals surface area contributed by atoms with Crippen molar-refractivity contribution in [3.05, 3.63) is 46.3 Å². The summed E-state index contributed by atoms with van der Waals surface area (Å²) >= 11 is 9.47. The van der Waals surface area contributed by atoms with Crippen molar-refractivity contribution in [3.8, 4) is 11.5 Å². The van der Waals surface area contributed by atoms with Gasteiger partial charge in [0.2, 0.25) is 0 Å². The number of aromatic nitrogens is 1. The molecule has 1 amide bonds. The minimum absolute atomic E-state index is 0. The number of nitrogens with zero attached hydrogens (tertiary/aromatic N) is 3. The Morgan fingerprint density at radius 3 is 2.39 bits per heavy atom. The molecule has 2 aromatic heterocycles. The van der Waals surface area contributed by atoms with E-state index in [9.17, 15) is 4.79 Å². The fourth-order valence-electron chi connectivity index (χ4n) is 3.49. The second kappa shape index (κ2) is 10.9. The van der Waals surface area contributed by atoms with E-state index in [0.29, 0.717) is 38.6 Å². The molecule has 0 fully saturated rings. The van der Waals surface area contributed by atoms with E-state index in [1.165, 1.54) is 22.7 Å². The Hall–Kier alpha value is -2.10. The van der Waals surface area contributed by atoms with Crippen LogP contribution in [0.4, 0.5) is 5.13 Å². The molecule has 0 saturated carbocycles. The molecule has 10 heteroatoms. The molecule has 0 atom stereocenters. The molecule has 0 radical (unpaired) electrons. The van der Waals surface area contributed by atoms with E-state index in [4.69, 9.17) is 26.1 Å². The first-order valence-electron chi connectivity index (χ1n) is 10.1. The number of carbonyl (C=O) groups is 1. The molecular weight excluding hydrogens is 501 g/mol. The Morgan fingerprint density at radius 2 is 1.73 bits per heavy atom. The third-order valence-electron chi connectivity index (χ3n) is 5.09. The van der Waals surface area contributed by atoms with Crippen LogP contribution in [0.5, 0.6) is 11.5 Å². The van der Waals surface area contributed by atoms with Crippen molar-refractivity contribution >= 4 is 78.0 Å². The normalized spacial score (nSPS) is 11.1. The Bertz CT molecular complexity index is 1230. The molecule has 0 saturated heterocycles. The summed E-state index contributed by atoms with van der Waals surface area (Å²) in [6.45, 7) is 1.37. The number of fused-ring (bicyclic) bond motifs is 2. The van der Waals surface area contributed by atoms with E-state index >= 15 is 0 Å². The van der Waals surface area contributed by atoms with Gasteiger partial charge in [0.15, 0.2) is 5.13 Å². The van der Waals surface area contributed by atoms with Crippen molar-refractivity contribution in [1.82, 2.24) is 9.88 Å². The Morgan fingerprint density at radius 1 is 1.03 bits per heavy atom. The number of thiazole rings is 1. The van der Waals surface area contributed by atoms with Crippen LogP contribution in [0.25, 0.3) is 20.3 Å². The third kappa shape index (κ3) is 5.05. The van der Waals surface area contributed by atoms with Gasteiger partial charge in [-0.3, -0.25) is 9.69 Å². The van der Waals surface area contributed by atoms with Gasteiger partial charge in [-0.15, -0.1) is 23.7 Å². The van der Waals surface area contributed by atoms with E-state index in [2.05, 4.69) is 4.90 Å². The van der Waals surface area contributed by atoms with Gasteiger partial charge >= 0.3 is 0 Å². The van der Waals surface area contributed by atoms with Crippen LogP contribution in [-0.2, 0) is 0 Å². The molecule has 0 bridgehead atoms. The number of benzene rings is 2. The van der Waals surface area contributed by atoms with Crippen LogP contribution in [0.1, 0.15) is 16.1 Å². The Balaban J connectivity index is 0.00000306. The van der Waals surface area contributed by atoms with Gasteiger partial charge in [0.05, 0.1) is 19.2 Å². The van der Waals surface area contributed by atoms with Crippen LogP contribution in [0.15, 0.2) is 36.4 Å². The van der Waals surface area contributed by atoms with Crippen LogP contribution in [0, 0.1) is 0 Å². The van der Waals surface area contributed by atoms with Gasteiger partial charge in [0.25, 0.3) is 5.91 Å². The molecule has 4 aromatic rings. The van der Waals surface area contributed by atoms with Crippen molar-refractivity contribution in [2.75, 3.05) is 46.3 Å². The second-order valence-corrected chi connectivity index (χ2v) is 9.91. The monoisotopic (exact) mass is 525 g/mol.